The number of nitrogen functional groups attached to an aromatic ring is 1. The van der Waals surface area contributed by atoms with E-state index in [1.165, 1.54) is 6.33 Å². The summed E-state index contributed by atoms with van der Waals surface area (Å²) in [6.07, 6.45) is 0.706. The average molecular weight is 316 g/mol. The van der Waals surface area contributed by atoms with Gasteiger partial charge in [-0.2, -0.15) is 5.10 Å². The van der Waals surface area contributed by atoms with Gasteiger partial charge >= 0.3 is 7.60 Å². The molecule has 2 aromatic heterocycles. The molecule has 0 saturated carbocycles. The second kappa shape index (κ2) is 6.50. The third kappa shape index (κ3) is 4.23. The molecule has 0 aliphatic carbocycles. The van der Waals surface area contributed by atoms with Crippen LogP contribution in [0.25, 0.3) is 5.52 Å². The maximum absolute atomic E-state index is 10.9. The standard InChI is InChI=1S/C11H17N4O5P/c12-11-10-2-1-8(15(10)14-6-13-11)5-9(3-4-16)20-7-21(17,18)19/h1-2,6,9,16H,3-5,7H2,(H2,12,13,14)(H2,17,18,19). The monoisotopic (exact) mass is 316 g/mol. The van der Waals surface area contributed by atoms with Crippen molar-refractivity contribution in [2.45, 2.75) is 18.9 Å². The molecule has 0 fully saturated rings. The van der Waals surface area contributed by atoms with E-state index in [0.29, 0.717) is 17.8 Å². The van der Waals surface area contributed by atoms with E-state index in [4.69, 9.17) is 25.4 Å². The molecule has 1 atom stereocenters. The fourth-order valence-electron chi connectivity index (χ4n) is 1.99. The molecule has 5 N–H and O–H groups in total. The minimum absolute atomic E-state index is 0.147. The first-order valence-electron chi connectivity index (χ1n) is 6.25. The van der Waals surface area contributed by atoms with Crippen LogP contribution >= 0.6 is 7.60 Å². The lowest BCUT2D eigenvalue weighted by atomic mass is 10.1. The molecule has 0 amide bonds. The van der Waals surface area contributed by atoms with Crippen molar-refractivity contribution in [3.8, 4) is 0 Å². The van der Waals surface area contributed by atoms with Gasteiger partial charge in [0.2, 0.25) is 0 Å². The van der Waals surface area contributed by atoms with E-state index in [-0.39, 0.29) is 13.0 Å². The topological polar surface area (TPSA) is 143 Å². The van der Waals surface area contributed by atoms with Gasteiger partial charge in [-0.3, -0.25) is 4.57 Å². The molecule has 2 aromatic rings. The number of hydrogen-bond acceptors (Lipinski definition) is 6. The fourth-order valence-corrected chi connectivity index (χ4v) is 2.39. The van der Waals surface area contributed by atoms with Gasteiger partial charge in [0.05, 0.1) is 6.10 Å². The van der Waals surface area contributed by atoms with Crippen molar-refractivity contribution in [3.63, 3.8) is 0 Å². The maximum Gasteiger partial charge on any atom is 0.350 e. The molecule has 21 heavy (non-hydrogen) atoms. The van der Waals surface area contributed by atoms with E-state index in [1.54, 1.807) is 16.6 Å². The van der Waals surface area contributed by atoms with Crippen molar-refractivity contribution in [2.75, 3.05) is 18.7 Å². The summed E-state index contributed by atoms with van der Waals surface area (Å²) in [5, 5.41) is 13.1. The number of hydrogen-bond donors (Lipinski definition) is 4. The van der Waals surface area contributed by atoms with Crippen LogP contribution < -0.4 is 5.73 Å². The first-order chi connectivity index (χ1) is 9.90. The zero-order chi connectivity index (χ0) is 15.5. The van der Waals surface area contributed by atoms with Crippen LogP contribution in [-0.4, -0.2) is 48.6 Å². The molecule has 0 aromatic carbocycles. The van der Waals surface area contributed by atoms with Crippen molar-refractivity contribution in [3.05, 3.63) is 24.2 Å². The van der Waals surface area contributed by atoms with Crippen molar-refractivity contribution in [1.82, 2.24) is 14.6 Å². The number of rotatable bonds is 7. The number of nitrogens with zero attached hydrogens (tertiary/aromatic N) is 3. The lowest BCUT2D eigenvalue weighted by Crippen LogP contribution is -2.20. The Morgan fingerprint density at radius 3 is 2.86 bits per heavy atom. The third-order valence-corrected chi connectivity index (χ3v) is 3.41. The molecular weight excluding hydrogens is 299 g/mol. The fraction of sp³-hybridized carbons (Fsp3) is 0.455. The van der Waals surface area contributed by atoms with E-state index in [1.807, 2.05) is 0 Å². The second-order valence-corrected chi connectivity index (χ2v) is 6.15. The van der Waals surface area contributed by atoms with Gasteiger partial charge in [-0.1, -0.05) is 0 Å². The number of ether oxygens (including phenoxy) is 1. The predicted octanol–water partition coefficient (Wildman–Crippen LogP) is -0.243. The highest BCUT2D eigenvalue weighted by Crippen LogP contribution is 2.34. The summed E-state index contributed by atoms with van der Waals surface area (Å²) in [5.74, 6) is 0.339. The predicted molar refractivity (Wildman–Crippen MR) is 74.6 cm³/mol. The molecule has 2 heterocycles. The molecule has 0 aliphatic rings. The molecule has 0 radical (unpaired) electrons. The molecular formula is C11H17N4O5P. The highest BCUT2D eigenvalue weighted by atomic mass is 31.2. The lowest BCUT2D eigenvalue weighted by Gasteiger charge is -2.17. The van der Waals surface area contributed by atoms with Gasteiger partial charge in [0.25, 0.3) is 0 Å². The van der Waals surface area contributed by atoms with Crippen LogP contribution in [0.2, 0.25) is 0 Å². The van der Waals surface area contributed by atoms with Crippen molar-refractivity contribution in [1.29, 1.82) is 0 Å². The summed E-state index contributed by atoms with van der Waals surface area (Å²) >= 11 is 0. The molecule has 0 bridgehead atoms. The highest BCUT2D eigenvalue weighted by molar-refractivity contribution is 7.51. The highest BCUT2D eigenvalue weighted by Gasteiger charge is 2.19. The average Bonchev–Trinajstić information content (AvgIpc) is 2.80. The summed E-state index contributed by atoms with van der Waals surface area (Å²) in [6.45, 7) is -0.147. The summed E-state index contributed by atoms with van der Waals surface area (Å²) in [5.41, 5.74) is 7.13. The van der Waals surface area contributed by atoms with Crippen LogP contribution in [0.1, 0.15) is 12.1 Å². The zero-order valence-corrected chi connectivity index (χ0v) is 12.1. The molecule has 1 unspecified atom stereocenters. The summed E-state index contributed by atoms with van der Waals surface area (Å²) in [6, 6.07) is 3.54. The normalized spacial score (nSPS) is 13.7. The van der Waals surface area contributed by atoms with E-state index < -0.39 is 20.0 Å². The first-order valence-corrected chi connectivity index (χ1v) is 8.04. The minimum atomic E-state index is -4.25. The van der Waals surface area contributed by atoms with Crippen LogP contribution in [0.5, 0.6) is 0 Å². The quantitative estimate of drug-likeness (QED) is 0.512. The Labute approximate surface area is 120 Å². The Bertz CT molecular complexity index is 655. The number of fused-ring (bicyclic) bond motifs is 1. The third-order valence-electron chi connectivity index (χ3n) is 2.93. The van der Waals surface area contributed by atoms with Crippen LogP contribution in [-0.2, 0) is 15.7 Å². The zero-order valence-electron chi connectivity index (χ0n) is 11.2. The van der Waals surface area contributed by atoms with Crippen LogP contribution in [0.15, 0.2) is 18.5 Å². The molecule has 2 rings (SSSR count). The van der Waals surface area contributed by atoms with Crippen molar-refractivity contribution < 1.29 is 24.2 Å². The summed E-state index contributed by atoms with van der Waals surface area (Å²) in [4.78, 5) is 21.6. The molecule has 0 saturated heterocycles. The Morgan fingerprint density at radius 2 is 2.19 bits per heavy atom. The number of anilines is 1. The smallest absolute Gasteiger partial charge is 0.350 e. The molecule has 10 heteroatoms. The number of aliphatic hydroxyl groups excluding tert-OH is 1. The molecule has 0 spiro atoms. The molecule has 0 aliphatic heterocycles. The largest absolute Gasteiger partial charge is 0.396 e. The first kappa shape index (κ1) is 15.9. The Balaban J connectivity index is 2.15. The van der Waals surface area contributed by atoms with Crippen LogP contribution in [0.4, 0.5) is 5.82 Å². The van der Waals surface area contributed by atoms with Gasteiger partial charge in [-0.25, -0.2) is 9.50 Å². The number of aliphatic hydroxyl groups is 1. The van der Waals surface area contributed by atoms with Gasteiger partial charge in [-0.05, 0) is 18.6 Å². The summed E-state index contributed by atoms with van der Waals surface area (Å²) in [7, 11) is -4.25. The van der Waals surface area contributed by atoms with Crippen molar-refractivity contribution in [2.24, 2.45) is 0 Å². The maximum atomic E-state index is 10.9. The molecule has 116 valence electrons. The lowest BCUT2D eigenvalue weighted by molar-refractivity contribution is 0.0543. The van der Waals surface area contributed by atoms with Crippen molar-refractivity contribution >= 4 is 18.9 Å². The SMILES string of the molecule is Nc1ncnn2c(CC(CCO)OCP(=O)(O)O)ccc12. The van der Waals surface area contributed by atoms with Gasteiger partial charge in [-0.15, -0.1) is 0 Å². The Hall–Kier alpha value is -1.51. The van der Waals surface area contributed by atoms with E-state index in [2.05, 4.69) is 10.1 Å². The summed E-state index contributed by atoms with van der Waals surface area (Å²) < 4.78 is 17.6. The van der Waals surface area contributed by atoms with Gasteiger partial charge in [0.15, 0.2) is 5.82 Å². The minimum Gasteiger partial charge on any atom is -0.396 e. The van der Waals surface area contributed by atoms with Gasteiger partial charge < -0.3 is 25.4 Å². The Morgan fingerprint density at radius 1 is 1.43 bits per heavy atom. The van der Waals surface area contributed by atoms with Crippen LogP contribution in [0, 0.1) is 0 Å². The van der Waals surface area contributed by atoms with Gasteiger partial charge in [0.1, 0.15) is 18.2 Å². The van der Waals surface area contributed by atoms with Crippen LogP contribution in [0.3, 0.4) is 0 Å². The Kier molecular flexibility index (Phi) is 4.92. The number of aromatic nitrogens is 3. The molecule has 9 nitrogen and oxygen atoms in total. The van der Waals surface area contributed by atoms with E-state index in [9.17, 15) is 4.57 Å². The second-order valence-electron chi connectivity index (χ2n) is 4.57. The van der Waals surface area contributed by atoms with E-state index in [0.717, 1.165) is 5.69 Å². The number of nitrogens with two attached hydrogens (primary N) is 1. The van der Waals surface area contributed by atoms with E-state index >= 15 is 0 Å². The van der Waals surface area contributed by atoms with Gasteiger partial charge in [0, 0.05) is 18.7 Å².